The van der Waals surface area contributed by atoms with E-state index in [4.69, 9.17) is 9.84 Å². The molecule has 0 unspecified atom stereocenters. The van der Waals surface area contributed by atoms with Gasteiger partial charge in [0.15, 0.2) is 0 Å². The summed E-state index contributed by atoms with van der Waals surface area (Å²) in [6.45, 7) is 4.93. The highest BCUT2D eigenvalue weighted by Gasteiger charge is 2.27. The van der Waals surface area contributed by atoms with Crippen molar-refractivity contribution >= 4 is 17.6 Å². The van der Waals surface area contributed by atoms with Crippen LogP contribution in [0.2, 0.25) is 0 Å². The lowest BCUT2D eigenvalue weighted by molar-refractivity contribution is -0.133. The van der Waals surface area contributed by atoms with Crippen LogP contribution in [-0.4, -0.2) is 29.7 Å². The lowest BCUT2D eigenvalue weighted by Gasteiger charge is -2.22. The molecule has 0 radical (unpaired) electrons. The molecule has 98 valence electrons. The van der Waals surface area contributed by atoms with Gasteiger partial charge >= 0.3 is 5.97 Å². The number of aromatic carboxylic acids is 1. The molecule has 5 nitrogen and oxygen atoms in total. The number of hydrogen-bond acceptors (Lipinski definition) is 3. The first-order valence-corrected chi connectivity index (χ1v) is 5.49. The molecule has 0 fully saturated rings. The summed E-state index contributed by atoms with van der Waals surface area (Å²) in [5, 5.41) is 11.7. The van der Waals surface area contributed by atoms with E-state index in [-0.39, 0.29) is 11.5 Å². The van der Waals surface area contributed by atoms with Crippen molar-refractivity contribution < 1.29 is 19.4 Å². The van der Waals surface area contributed by atoms with Gasteiger partial charge < -0.3 is 15.2 Å². The number of benzene rings is 1. The number of ether oxygens (including phenoxy) is 1. The van der Waals surface area contributed by atoms with Gasteiger partial charge in [0.1, 0.15) is 5.60 Å². The van der Waals surface area contributed by atoms with E-state index in [1.165, 1.54) is 13.2 Å². The van der Waals surface area contributed by atoms with E-state index in [2.05, 4.69) is 5.32 Å². The van der Waals surface area contributed by atoms with E-state index >= 15 is 0 Å². The summed E-state index contributed by atoms with van der Waals surface area (Å²) in [6.07, 6.45) is 0. The molecule has 5 heteroatoms. The number of rotatable bonds is 4. The van der Waals surface area contributed by atoms with Gasteiger partial charge in [-0.1, -0.05) is 6.07 Å². The summed E-state index contributed by atoms with van der Waals surface area (Å²) in [7, 11) is 1.44. The van der Waals surface area contributed by atoms with Crippen LogP contribution in [0.1, 0.15) is 29.8 Å². The Balaban J connectivity index is 3.03. The molecular formula is C13H17NO4. The molecule has 0 aliphatic carbocycles. The smallest absolute Gasteiger partial charge is 0.336 e. The van der Waals surface area contributed by atoms with Crippen LogP contribution in [0.3, 0.4) is 0 Å². The number of nitrogens with one attached hydrogen (secondary N) is 1. The van der Waals surface area contributed by atoms with E-state index in [1.807, 2.05) is 0 Å². The van der Waals surface area contributed by atoms with Gasteiger partial charge in [0.2, 0.25) is 0 Å². The number of carboxylic acid groups (broad SMARTS) is 1. The fraction of sp³-hybridized carbons (Fsp3) is 0.385. The zero-order valence-corrected chi connectivity index (χ0v) is 10.9. The summed E-state index contributed by atoms with van der Waals surface area (Å²) in [4.78, 5) is 22.9. The SMILES string of the molecule is COC(C)(C)C(=O)Nc1cccc(C(=O)O)c1C. The first-order chi connectivity index (χ1) is 8.29. The summed E-state index contributed by atoms with van der Waals surface area (Å²) in [5.41, 5.74) is 0.198. The minimum absolute atomic E-state index is 0.169. The Morgan fingerprint density at radius 3 is 2.44 bits per heavy atom. The molecule has 0 atom stereocenters. The lowest BCUT2D eigenvalue weighted by Crippen LogP contribution is -2.39. The molecule has 0 aliphatic heterocycles. The normalized spacial score (nSPS) is 11.1. The Morgan fingerprint density at radius 1 is 1.33 bits per heavy atom. The van der Waals surface area contributed by atoms with Crippen LogP contribution in [0.5, 0.6) is 0 Å². The number of carbonyl (C=O) groups excluding carboxylic acids is 1. The molecule has 0 bridgehead atoms. The number of carboxylic acids is 1. The minimum atomic E-state index is -1.02. The van der Waals surface area contributed by atoms with Crippen LogP contribution in [0, 0.1) is 6.92 Å². The van der Waals surface area contributed by atoms with Gasteiger partial charge in [-0.3, -0.25) is 4.79 Å². The van der Waals surface area contributed by atoms with E-state index < -0.39 is 11.6 Å². The number of anilines is 1. The van der Waals surface area contributed by atoms with E-state index in [0.717, 1.165) is 0 Å². The first-order valence-electron chi connectivity index (χ1n) is 5.49. The topological polar surface area (TPSA) is 75.6 Å². The maximum Gasteiger partial charge on any atom is 0.336 e. The Morgan fingerprint density at radius 2 is 1.94 bits per heavy atom. The van der Waals surface area contributed by atoms with Crippen LogP contribution in [-0.2, 0) is 9.53 Å². The molecule has 18 heavy (non-hydrogen) atoms. The third-order valence-corrected chi connectivity index (χ3v) is 2.87. The Kier molecular flexibility index (Phi) is 4.08. The highest BCUT2D eigenvalue weighted by Crippen LogP contribution is 2.21. The third kappa shape index (κ3) is 2.87. The largest absolute Gasteiger partial charge is 0.478 e. The van der Waals surface area contributed by atoms with Crippen molar-refractivity contribution in [1.29, 1.82) is 0 Å². The number of methoxy groups -OCH3 is 1. The fourth-order valence-electron chi connectivity index (χ4n) is 1.37. The van der Waals surface area contributed by atoms with Gasteiger partial charge in [0.05, 0.1) is 5.56 Å². The van der Waals surface area contributed by atoms with E-state index in [9.17, 15) is 9.59 Å². The van der Waals surface area contributed by atoms with Crippen molar-refractivity contribution in [2.24, 2.45) is 0 Å². The van der Waals surface area contributed by atoms with Crippen molar-refractivity contribution in [1.82, 2.24) is 0 Å². The van der Waals surface area contributed by atoms with Crippen molar-refractivity contribution in [2.45, 2.75) is 26.4 Å². The molecule has 0 saturated carbocycles. The zero-order chi connectivity index (χ0) is 13.9. The Bertz CT molecular complexity index is 480. The van der Waals surface area contributed by atoms with Crippen molar-refractivity contribution in [3.8, 4) is 0 Å². The first kappa shape index (κ1) is 14.2. The lowest BCUT2D eigenvalue weighted by atomic mass is 10.0. The standard InChI is InChI=1S/C13H17NO4/c1-8-9(11(15)16)6-5-7-10(8)14-12(17)13(2,3)18-4/h5-7H,1-4H3,(H,14,17)(H,15,16). The summed E-state index contributed by atoms with van der Waals surface area (Å²) in [5.74, 6) is -1.34. The fourth-order valence-corrected chi connectivity index (χ4v) is 1.37. The quantitative estimate of drug-likeness (QED) is 0.858. The maximum absolute atomic E-state index is 11.9. The van der Waals surface area contributed by atoms with Gasteiger partial charge in [-0.05, 0) is 38.5 Å². The zero-order valence-electron chi connectivity index (χ0n) is 10.9. The summed E-state index contributed by atoms with van der Waals surface area (Å²) < 4.78 is 5.06. The van der Waals surface area contributed by atoms with Crippen molar-refractivity contribution in [2.75, 3.05) is 12.4 Å². The molecule has 0 saturated heterocycles. The predicted molar refractivity (Wildman–Crippen MR) is 67.9 cm³/mol. The predicted octanol–water partition coefficient (Wildman–Crippen LogP) is 2.06. The average molecular weight is 251 g/mol. The molecule has 1 amide bonds. The van der Waals surface area contributed by atoms with Crippen molar-refractivity contribution in [3.63, 3.8) is 0 Å². The average Bonchev–Trinajstić information content (AvgIpc) is 2.31. The molecule has 2 N–H and O–H groups in total. The molecular weight excluding hydrogens is 234 g/mol. The molecule has 0 heterocycles. The van der Waals surface area contributed by atoms with E-state index in [0.29, 0.717) is 11.3 Å². The van der Waals surface area contributed by atoms with Crippen LogP contribution in [0.25, 0.3) is 0 Å². The number of hydrogen-bond donors (Lipinski definition) is 2. The van der Waals surface area contributed by atoms with Crippen LogP contribution < -0.4 is 5.32 Å². The second-order valence-electron chi connectivity index (χ2n) is 4.45. The molecule has 0 aromatic heterocycles. The molecule has 1 aromatic carbocycles. The second kappa shape index (κ2) is 5.18. The Labute approximate surface area is 106 Å². The molecule has 1 rings (SSSR count). The van der Waals surface area contributed by atoms with Crippen LogP contribution in [0.15, 0.2) is 18.2 Å². The highest BCUT2D eigenvalue weighted by molar-refractivity contribution is 5.99. The summed E-state index contributed by atoms with van der Waals surface area (Å²) >= 11 is 0. The van der Waals surface area contributed by atoms with Gasteiger partial charge in [0.25, 0.3) is 5.91 Å². The van der Waals surface area contributed by atoms with Gasteiger partial charge in [-0.25, -0.2) is 4.79 Å². The monoisotopic (exact) mass is 251 g/mol. The number of carbonyl (C=O) groups is 2. The van der Waals surface area contributed by atoms with E-state index in [1.54, 1.807) is 32.9 Å². The van der Waals surface area contributed by atoms with Crippen molar-refractivity contribution in [3.05, 3.63) is 29.3 Å². The van der Waals surface area contributed by atoms with Crippen LogP contribution >= 0.6 is 0 Å². The number of amides is 1. The maximum atomic E-state index is 11.9. The minimum Gasteiger partial charge on any atom is -0.478 e. The van der Waals surface area contributed by atoms with Gasteiger partial charge in [-0.15, -0.1) is 0 Å². The van der Waals surface area contributed by atoms with Crippen LogP contribution in [0.4, 0.5) is 5.69 Å². The van der Waals surface area contributed by atoms with Gasteiger partial charge in [-0.2, -0.15) is 0 Å². The molecule has 0 aliphatic rings. The second-order valence-corrected chi connectivity index (χ2v) is 4.45. The molecule has 0 spiro atoms. The third-order valence-electron chi connectivity index (χ3n) is 2.87. The highest BCUT2D eigenvalue weighted by atomic mass is 16.5. The Hall–Kier alpha value is -1.88. The van der Waals surface area contributed by atoms with Gasteiger partial charge in [0, 0.05) is 12.8 Å². The summed E-state index contributed by atoms with van der Waals surface area (Å²) in [6, 6.07) is 4.74. The molecule has 1 aromatic rings.